The van der Waals surface area contributed by atoms with Crippen molar-refractivity contribution in [3.8, 4) is 0 Å². The summed E-state index contributed by atoms with van der Waals surface area (Å²) in [6, 6.07) is 7.29. The van der Waals surface area contributed by atoms with Crippen molar-refractivity contribution in [1.29, 1.82) is 0 Å². The Hall–Kier alpha value is -1.38. The highest BCUT2D eigenvalue weighted by Gasteiger charge is 2.32. The number of amides is 1. The summed E-state index contributed by atoms with van der Waals surface area (Å²) in [6.45, 7) is 1.98. The Labute approximate surface area is 156 Å². The van der Waals surface area contributed by atoms with E-state index in [2.05, 4.69) is 4.98 Å². The number of thiazole rings is 1. The van der Waals surface area contributed by atoms with E-state index in [1.54, 1.807) is 35.0 Å². The van der Waals surface area contributed by atoms with E-state index in [1.807, 2.05) is 36.6 Å². The molecule has 1 aliphatic heterocycles. The number of carbonyl (C=O) groups excluding carboxylic acids is 1. The van der Waals surface area contributed by atoms with E-state index in [-0.39, 0.29) is 23.5 Å². The van der Waals surface area contributed by atoms with Gasteiger partial charge < -0.3 is 4.90 Å². The molecule has 1 unspecified atom stereocenters. The highest BCUT2D eigenvalue weighted by molar-refractivity contribution is 8.00. The van der Waals surface area contributed by atoms with E-state index in [4.69, 9.17) is 0 Å². The fourth-order valence-electron chi connectivity index (χ4n) is 2.74. The molecule has 2 heterocycles. The monoisotopic (exact) mass is 396 g/mol. The van der Waals surface area contributed by atoms with E-state index in [9.17, 15) is 13.2 Å². The molecule has 0 saturated carbocycles. The van der Waals surface area contributed by atoms with E-state index >= 15 is 0 Å². The average molecular weight is 397 g/mol. The Morgan fingerprint density at radius 2 is 2.08 bits per heavy atom. The molecule has 1 aromatic carbocycles. The molecule has 1 saturated heterocycles. The lowest BCUT2D eigenvalue weighted by molar-refractivity contribution is 0.0747. The van der Waals surface area contributed by atoms with Gasteiger partial charge in [0, 0.05) is 35.5 Å². The number of hydrogen-bond acceptors (Lipinski definition) is 6. The summed E-state index contributed by atoms with van der Waals surface area (Å²) in [4.78, 5) is 18.5. The second kappa shape index (κ2) is 7.47. The minimum absolute atomic E-state index is 0.0667. The lowest BCUT2D eigenvalue weighted by atomic mass is 10.1. The summed E-state index contributed by atoms with van der Waals surface area (Å²) in [5.41, 5.74) is 2.75. The van der Waals surface area contributed by atoms with Crippen molar-refractivity contribution in [3.63, 3.8) is 0 Å². The zero-order valence-electron chi connectivity index (χ0n) is 14.1. The molecule has 8 heteroatoms. The van der Waals surface area contributed by atoms with E-state index in [1.165, 1.54) is 0 Å². The minimum Gasteiger partial charge on any atom is -0.338 e. The summed E-state index contributed by atoms with van der Waals surface area (Å²) in [5, 5.41) is 2.03. The zero-order chi connectivity index (χ0) is 18.0. The summed E-state index contributed by atoms with van der Waals surface area (Å²) in [7, 11) is -1.31. The lowest BCUT2D eigenvalue weighted by Gasteiger charge is -2.23. The highest BCUT2D eigenvalue weighted by Crippen LogP contribution is 2.26. The van der Waals surface area contributed by atoms with Crippen LogP contribution in [0.25, 0.3) is 0 Å². The summed E-state index contributed by atoms with van der Waals surface area (Å²) >= 11 is 3.32. The number of benzene rings is 1. The van der Waals surface area contributed by atoms with Crippen LogP contribution in [-0.2, 0) is 15.6 Å². The van der Waals surface area contributed by atoms with Gasteiger partial charge in [0.05, 0.1) is 11.5 Å². The highest BCUT2D eigenvalue weighted by atomic mass is 32.2. The van der Waals surface area contributed by atoms with Gasteiger partial charge in [0.2, 0.25) is 0 Å². The van der Waals surface area contributed by atoms with Crippen molar-refractivity contribution in [2.45, 2.75) is 29.5 Å². The van der Waals surface area contributed by atoms with Crippen LogP contribution >= 0.6 is 23.1 Å². The van der Waals surface area contributed by atoms with Crippen LogP contribution in [0.1, 0.15) is 28.0 Å². The summed E-state index contributed by atoms with van der Waals surface area (Å²) < 4.78 is 24.2. The van der Waals surface area contributed by atoms with E-state index < -0.39 is 9.84 Å². The van der Waals surface area contributed by atoms with Gasteiger partial charge in [-0.1, -0.05) is 23.9 Å². The number of hydrogen-bond donors (Lipinski definition) is 0. The maximum atomic E-state index is 12.6. The SMILES string of the molecule is Cc1csc(SCc2ccc(C(=O)N(C)C3CCS(=O)(=O)C3)cc2)n1. The fraction of sp³-hybridized carbons (Fsp3) is 0.412. The summed E-state index contributed by atoms with van der Waals surface area (Å²) in [5.74, 6) is 0.911. The normalized spacial score (nSPS) is 19.0. The molecule has 5 nitrogen and oxygen atoms in total. The Bertz CT molecular complexity index is 860. The molecule has 1 aromatic heterocycles. The smallest absolute Gasteiger partial charge is 0.253 e. The third-order valence-electron chi connectivity index (χ3n) is 4.24. The molecule has 1 atom stereocenters. The van der Waals surface area contributed by atoms with Gasteiger partial charge in [0.1, 0.15) is 4.34 Å². The predicted molar refractivity (Wildman–Crippen MR) is 102 cm³/mol. The first-order valence-corrected chi connectivity index (χ1v) is 11.6. The Balaban J connectivity index is 1.60. The van der Waals surface area contributed by atoms with Crippen molar-refractivity contribution >= 4 is 38.8 Å². The van der Waals surface area contributed by atoms with Crippen LogP contribution in [0.3, 0.4) is 0 Å². The average Bonchev–Trinajstić information content (AvgIpc) is 3.17. The van der Waals surface area contributed by atoms with Crippen LogP contribution in [0.2, 0.25) is 0 Å². The van der Waals surface area contributed by atoms with Crippen LogP contribution < -0.4 is 0 Å². The predicted octanol–water partition coefficient (Wildman–Crippen LogP) is 3.00. The van der Waals surface area contributed by atoms with Crippen molar-refractivity contribution in [1.82, 2.24) is 9.88 Å². The molecule has 0 aliphatic carbocycles. The van der Waals surface area contributed by atoms with Crippen LogP contribution in [0.5, 0.6) is 0 Å². The molecule has 0 bridgehead atoms. The molecule has 134 valence electrons. The molecule has 0 spiro atoms. The van der Waals surface area contributed by atoms with Gasteiger partial charge in [-0.25, -0.2) is 13.4 Å². The van der Waals surface area contributed by atoms with Gasteiger partial charge in [-0.3, -0.25) is 4.79 Å². The van der Waals surface area contributed by atoms with Gasteiger partial charge in [0.25, 0.3) is 5.91 Å². The molecule has 0 N–H and O–H groups in total. The summed E-state index contributed by atoms with van der Waals surface area (Å²) in [6.07, 6.45) is 0.520. The number of rotatable bonds is 5. The Morgan fingerprint density at radius 1 is 1.36 bits per heavy atom. The van der Waals surface area contributed by atoms with Crippen LogP contribution in [0.15, 0.2) is 34.0 Å². The number of thioether (sulfide) groups is 1. The molecular weight excluding hydrogens is 376 g/mol. The van der Waals surface area contributed by atoms with Crippen molar-refractivity contribution < 1.29 is 13.2 Å². The first-order chi connectivity index (χ1) is 11.8. The number of aryl methyl sites for hydroxylation is 1. The first kappa shape index (κ1) is 18.4. The third kappa shape index (κ3) is 4.62. The quantitative estimate of drug-likeness (QED) is 0.727. The van der Waals surface area contributed by atoms with Gasteiger partial charge in [-0.2, -0.15) is 0 Å². The molecular formula is C17H20N2O3S3. The van der Waals surface area contributed by atoms with Crippen molar-refractivity contribution in [2.75, 3.05) is 18.6 Å². The molecule has 3 rings (SSSR count). The zero-order valence-corrected chi connectivity index (χ0v) is 16.6. The number of sulfone groups is 1. The second-order valence-electron chi connectivity index (χ2n) is 6.21. The van der Waals surface area contributed by atoms with Crippen molar-refractivity contribution in [3.05, 3.63) is 46.5 Å². The van der Waals surface area contributed by atoms with Gasteiger partial charge in [-0.15, -0.1) is 11.3 Å². The molecule has 2 aromatic rings. The third-order valence-corrected chi connectivity index (χ3v) is 8.20. The first-order valence-electron chi connectivity index (χ1n) is 7.95. The van der Waals surface area contributed by atoms with Gasteiger partial charge in [-0.05, 0) is 31.0 Å². The van der Waals surface area contributed by atoms with Crippen LogP contribution in [-0.4, -0.2) is 48.8 Å². The standard InChI is InChI=1S/C17H20N2O3S3/c1-12-9-23-17(18-12)24-10-13-3-5-14(6-4-13)16(20)19(2)15-7-8-25(21,22)11-15/h3-6,9,15H,7-8,10-11H2,1-2H3. The Kier molecular flexibility index (Phi) is 5.50. The number of nitrogens with zero attached hydrogens (tertiary/aromatic N) is 2. The van der Waals surface area contributed by atoms with E-state index in [0.717, 1.165) is 21.3 Å². The molecule has 25 heavy (non-hydrogen) atoms. The topological polar surface area (TPSA) is 67.3 Å². The Morgan fingerprint density at radius 3 is 2.64 bits per heavy atom. The molecule has 1 aliphatic rings. The van der Waals surface area contributed by atoms with Gasteiger partial charge in [0.15, 0.2) is 9.84 Å². The lowest BCUT2D eigenvalue weighted by Crippen LogP contribution is -2.37. The fourth-order valence-corrected chi connectivity index (χ4v) is 6.32. The van der Waals surface area contributed by atoms with Gasteiger partial charge >= 0.3 is 0 Å². The molecule has 1 amide bonds. The maximum absolute atomic E-state index is 12.6. The van der Waals surface area contributed by atoms with Crippen molar-refractivity contribution in [2.24, 2.45) is 0 Å². The molecule has 1 fully saturated rings. The molecule has 0 radical (unpaired) electrons. The van der Waals surface area contributed by atoms with Crippen LogP contribution in [0.4, 0.5) is 0 Å². The second-order valence-corrected chi connectivity index (χ2v) is 10.5. The number of carbonyl (C=O) groups is 1. The minimum atomic E-state index is -3.00. The number of aromatic nitrogens is 1. The largest absolute Gasteiger partial charge is 0.338 e. The van der Waals surface area contributed by atoms with E-state index in [0.29, 0.717) is 12.0 Å². The maximum Gasteiger partial charge on any atom is 0.253 e. The van der Waals surface area contributed by atoms with Crippen LogP contribution in [0, 0.1) is 6.92 Å².